The Balaban J connectivity index is 1.96. The van der Waals surface area contributed by atoms with E-state index in [-0.39, 0.29) is 11.9 Å². The summed E-state index contributed by atoms with van der Waals surface area (Å²) in [5, 5.41) is 6.95. The topological polar surface area (TPSA) is 12.0 Å². The van der Waals surface area contributed by atoms with E-state index in [1.807, 2.05) is 12.1 Å². The fourth-order valence-corrected chi connectivity index (χ4v) is 3.71. The molecule has 0 saturated carbocycles. The van der Waals surface area contributed by atoms with Gasteiger partial charge < -0.3 is 5.32 Å². The van der Waals surface area contributed by atoms with Crippen LogP contribution in [0.15, 0.2) is 53.9 Å². The van der Waals surface area contributed by atoms with Gasteiger partial charge in [0.1, 0.15) is 5.82 Å². The van der Waals surface area contributed by atoms with Crippen LogP contribution in [0, 0.1) is 5.82 Å². The first kappa shape index (κ1) is 14.2. The van der Waals surface area contributed by atoms with Crippen molar-refractivity contribution in [3.05, 3.63) is 70.9 Å². The first-order valence-electron chi connectivity index (χ1n) is 7.22. The summed E-state index contributed by atoms with van der Waals surface area (Å²) in [4.78, 5) is 0. The zero-order valence-electron chi connectivity index (χ0n) is 12.0. The first-order valence-corrected chi connectivity index (χ1v) is 8.10. The Labute approximate surface area is 128 Å². The van der Waals surface area contributed by atoms with Crippen LogP contribution in [0.3, 0.4) is 0 Å². The number of fused-ring (bicyclic) bond motifs is 1. The average Bonchev–Trinajstić information content (AvgIpc) is 2.93. The lowest BCUT2D eigenvalue weighted by molar-refractivity contribution is 0.531. The Morgan fingerprint density at radius 3 is 2.67 bits per heavy atom. The van der Waals surface area contributed by atoms with Gasteiger partial charge in [-0.3, -0.25) is 0 Å². The van der Waals surface area contributed by atoms with E-state index in [2.05, 4.69) is 41.9 Å². The molecule has 0 fully saturated rings. The molecular weight excluding hydrogens is 281 g/mol. The van der Waals surface area contributed by atoms with Crippen molar-refractivity contribution < 1.29 is 4.39 Å². The Bertz CT molecular complexity index is 735. The molecule has 108 valence electrons. The fraction of sp³-hybridized carbons (Fsp3) is 0.222. The van der Waals surface area contributed by atoms with Crippen LogP contribution in [-0.2, 0) is 6.42 Å². The van der Waals surface area contributed by atoms with Gasteiger partial charge in [0.05, 0.1) is 0 Å². The maximum Gasteiger partial charge on any atom is 0.126 e. The second-order valence-corrected chi connectivity index (χ2v) is 6.00. The second-order valence-electron chi connectivity index (χ2n) is 5.09. The van der Waals surface area contributed by atoms with Crippen LogP contribution in [0.1, 0.15) is 24.1 Å². The summed E-state index contributed by atoms with van der Waals surface area (Å²) < 4.78 is 15.2. The maximum atomic E-state index is 13.9. The molecule has 1 heterocycles. The summed E-state index contributed by atoms with van der Waals surface area (Å²) in [6.45, 7) is 2.95. The first-order chi connectivity index (χ1) is 10.3. The van der Waals surface area contributed by atoms with Gasteiger partial charge in [-0.25, -0.2) is 4.39 Å². The molecule has 1 N–H and O–H groups in total. The predicted octanol–water partition coefficient (Wildman–Crippen LogP) is 4.93. The molecule has 1 atom stereocenters. The highest BCUT2D eigenvalue weighted by atomic mass is 32.1. The van der Waals surface area contributed by atoms with E-state index < -0.39 is 0 Å². The molecule has 0 amide bonds. The molecular formula is C18H18FNS. The highest BCUT2D eigenvalue weighted by Gasteiger charge is 2.17. The third-order valence-corrected chi connectivity index (χ3v) is 4.70. The Kier molecular flexibility index (Phi) is 4.32. The number of hydrogen-bond donors (Lipinski definition) is 1. The molecule has 3 heteroatoms. The van der Waals surface area contributed by atoms with Crippen LogP contribution in [0.5, 0.6) is 0 Å². The smallest absolute Gasteiger partial charge is 0.126 e. The monoisotopic (exact) mass is 299 g/mol. The van der Waals surface area contributed by atoms with Gasteiger partial charge in [-0.2, -0.15) is 0 Å². The van der Waals surface area contributed by atoms with E-state index in [0.717, 1.165) is 12.1 Å². The third-order valence-electron chi connectivity index (χ3n) is 3.72. The minimum Gasteiger partial charge on any atom is -0.310 e. The number of thiophene rings is 1. The van der Waals surface area contributed by atoms with Crippen LogP contribution in [0.2, 0.25) is 0 Å². The minimum absolute atomic E-state index is 0.125. The molecule has 1 nitrogen and oxygen atoms in total. The molecule has 2 aromatic carbocycles. The molecule has 3 aromatic rings. The molecule has 0 bridgehead atoms. The van der Waals surface area contributed by atoms with Crippen LogP contribution in [-0.4, -0.2) is 6.54 Å². The molecule has 1 unspecified atom stereocenters. The Morgan fingerprint density at radius 2 is 1.86 bits per heavy atom. The minimum atomic E-state index is -0.125. The van der Waals surface area contributed by atoms with Crippen molar-refractivity contribution in [1.82, 2.24) is 5.32 Å². The summed E-state index contributed by atoms with van der Waals surface area (Å²) in [5.41, 5.74) is 2.03. The van der Waals surface area contributed by atoms with Gasteiger partial charge in [0, 0.05) is 10.7 Å². The molecule has 0 aliphatic rings. The highest BCUT2D eigenvalue weighted by Crippen LogP contribution is 2.32. The summed E-state index contributed by atoms with van der Waals surface area (Å²) in [6.07, 6.45) is 0.668. The summed E-state index contributed by atoms with van der Waals surface area (Å²) in [7, 11) is 0. The highest BCUT2D eigenvalue weighted by molar-refractivity contribution is 7.17. The van der Waals surface area contributed by atoms with Gasteiger partial charge in [-0.15, -0.1) is 11.3 Å². The molecule has 0 radical (unpaired) electrons. The quantitative estimate of drug-likeness (QED) is 0.704. The van der Waals surface area contributed by atoms with E-state index in [9.17, 15) is 4.39 Å². The van der Waals surface area contributed by atoms with Crippen LogP contribution in [0.4, 0.5) is 4.39 Å². The van der Waals surface area contributed by atoms with Crippen molar-refractivity contribution in [1.29, 1.82) is 0 Å². The Hall–Kier alpha value is -1.71. The average molecular weight is 299 g/mol. The van der Waals surface area contributed by atoms with E-state index in [1.54, 1.807) is 17.4 Å². The summed E-state index contributed by atoms with van der Waals surface area (Å²) >= 11 is 1.75. The van der Waals surface area contributed by atoms with Crippen molar-refractivity contribution in [2.45, 2.75) is 19.4 Å². The van der Waals surface area contributed by atoms with E-state index >= 15 is 0 Å². The number of nitrogens with one attached hydrogen (secondary N) is 1. The van der Waals surface area contributed by atoms with Crippen LogP contribution >= 0.6 is 11.3 Å². The fourth-order valence-electron chi connectivity index (χ4n) is 2.69. The van der Waals surface area contributed by atoms with E-state index in [0.29, 0.717) is 6.42 Å². The number of benzene rings is 2. The van der Waals surface area contributed by atoms with Crippen molar-refractivity contribution in [3.8, 4) is 0 Å². The van der Waals surface area contributed by atoms with Crippen molar-refractivity contribution in [2.75, 3.05) is 6.54 Å². The molecule has 0 spiro atoms. The molecule has 1 aromatic heterocycles. The van der Waals surface area contributed by atoms with Crippen LogP contribution < -0.4 is 5.32 Å². The van der Waals surface area contributed by atoms with Gasteiger partial charge >= 0.3 is 0 Å². The number of rotatable bonds is 5. The maximum absolute atomic E-state index is 13.9. The van der Waals surface area contributed by atoms with E-state index in [4.69, 9.17) is 0 Å². The SMILES string of the molecule is CCNC(Cc1ccccc1F)c1csc2ccccc12. The summed E-state index contributed by atoms with van der Waals surface area (Å²) in [6, 6.07) is 15.6. The lowest BCUT2D eigenvalue weighted by Gasteiger charge is -2.18. The largest absolute Gasteiger partial charge is 0.310 e. The molecule has 3 rings (SSSR count). The molecule has 21 heavy (non-hydrogen) atoms. The van der Waals surface area contributed by atoms with Gasteiger partial charge in [0.15, 0.2) is 0 Å². The van der Waals surface area contributed by atoms with Crippen molar-refractivity contribution in [3.63, 3.8) is 0 Å². The standard InChI is InChI=1S/C18H18FNS/c1-2-20-17(11-13-7-3-5-9-16(13)19)15-12-21-18-10-6-4-8-14(15)18/h3-10,12,17,20H,2,11H2,1H3. The summed E-state index contributed by atoms with van der Waals surface area (Å²) in [5.74, 6) is -0.125. The van der Waals surface area contributed by atoms with Gasteiger partial charge in [-0.05, 0) is 47.0 Å². The van der Waals surface area contributed by atoms with Gasteiger partial charge in [0.2, 0.25) is 0 Å². The molecule has 0 saturated heterocycles. The number of likely N-dealkylation sites (N-methyl/N-ethyl adjacent to an activating group) is 1. The Morgan fingerprint density at radius 1 is 1.10 bits per heavy atom. The van der Waals surface area contributed by atoms with Crippen LogP contribution in [0.25, 0.3) is 10.1 Å². The zero-order valence-corrected chi connectivity index (χ0v) is 12.8. The lowest BCUT2D eigenvalue weighted by atomic mass is 9.98. The van der Waals surface area contributed by atoms with Crippen molar-refractivity contribution >= 4 is 21.4 Å². The van der Waals surface area contributed by atoms with Crippen molar-refractivity contribution in [2.24, 2.45) is 0 Å². The van der Waals surface area contributed by atoms with Gasteiger partial charge in [-0.1, -0.05) is 43.3 Å². The van der Waals surface area contributed by atoms with E-state index in [1.165, 1.54) is 21.7 Å². The molecule has 0 aliphatic carbocycles. The lowest BCUT2D eigenvalue weighted by Crippen LogP contribution is -2.23. The zero-order chi connectivity index (χ0) is 14.7. The number of hydrogen-bond acceptors (Lipinski definition) is 2. The third kappa shape index (κ3) is 2.99. The predicted molar refractivity (Wildman–Crippen MR) is 88.3 cm³/mol. The normalized spacial score (nSPS) is 12.7. The van der Waals surface area contributed by atoms with Gasteiger partial charge in [0.25, 0.3) is 0 Å². The number of halogens is 1. The second kappa shape index (κ2) is 6.37. The molecule has 0 aliphatic heterocycles.